The smallest absolute Gasteiger partial charge is 0.165 e. The molecule has 1 saturated carbocycles. The van der Waals surface area contributed by atoms with Gasteiger partial charge < -0.3 is 14.8 Å². The van der Waals surface area contributed by atoms with Crippen molar-refractivity contribution in [3.63, 3.8) is 0 Å². The van der Waals surface area contributed by atoms with Gasteiger partial charge in [0.25, 0.3) is 0 Å². The minimum Gasteiger partial charge on any atom is -0.488 e. The first-order chi connectivity index (χ1) is 8.31. The minimum atomic E-state index is -0.309. The van der Waals surface area contributed by atoms with E-state index >= 15 is 0 Å². The molecule has 1 aliphatic rings. The lowest BCUT2D eigenvalue weighted by atomic mass is 10.2. The summed E-state index contributed by atoms with van der Waals surface area (Å²) in [6.45, 7) is 1.49. The molecule has 1 fully saturated rings. The maximum atomic E-state index is 13.6. The molecular formula is C13H18FNO2. The van der Waals surface area contributed by atoms with Crippen molar-refractivity contribution < 1.29 is 13.9 Å². The van der Waals surface area contributed by atoms with E-state index in [1.165, 1.54) is 18.9 Å². The Balaban J connectivity index is 1.98. The summed E-state index contributed by atoms with van der Waals surface area (Å²) in [5, 5.41) is 3.35. The Hall–Kier alpha value is -1.13. The van der Waals surface area contributed by atoms with Gasteiger partial charge in [0.2, 0.25) is 0 Å². The SMILES string of the molecule is COCCOc1c(F)cccc1CNC1CC1. The van der Waals surface area contributed by atoms with Crippen LogP contribution in [-0.4, -0.2) is 26.4 Å². The van der Waals surface area contributed by atoms with Gasteiger partial charge in [-0.15, -0.1) is 0 Å². The Labute approximate surface area is 101 Å². The molecule has 0 heterocycles. The third-order valence-corrected chi connectivity index (χ3v) is 2.74. The number of para-hydroxylation sites is 1. The Bertz CT molecular complexity index is 366. The summed E-state index contributed by atoms with van der Waals surface area (Å²) in [6, 6.07) is 5.62. The summed E-state index contributed by atoms with van der Waals surface area (Å²) in [6.07, 6.45) is 2.43. The monoisotopic (exact) mass is 239 g/mol. The molecule has 3 nitrogen and oxygen atoms in total. The fourth-order valence-corrected chi connectivity index (χ4v) is 1.62. The molecule has 94 valence electrons. The molecule has 0 radical (unpaired) electrons. The van der Waals surface area contributed by atoms with Crippen LogP contribution in [0.3, 0.4) is 0 Å². The quantitative estimate of drug-likeness (QED) is 0.739. The van der Waals surface area contributed by atoms with Gasteiger partial charge in [-0.05, 0) is 18.9 Å². The molecule has 4 heteroatoms. The highest BCUT2D eigenvalue weighted by Crippen LogP contribution is 2.25. The molecule has 0 amide bonds. The molecule has 2 rings (SSSR count). The van der Waals surface area contributed by atoms with E-state index in [1.807, 2.05) is 6.07 Å². The van der Waals surface area contributed by atoms with Crippen molar-refractivity contribution in [2.24, 2.45) is 0 Å². The van der Waals surface area contributed by atoms with E-state index in [2.05, 4.69) is 5.32 Å². The number of ether oxygens (including phenoxy) is 2. The Morgan fingerprint density at radius 2 is 2.18 bits per heavy atom. The van der Waals surface area contributed by atoms with Gasteiger partial charge in [-0.3, -0.25) is 0 Å². The first kappa shape index (κ1) is 12.3. The minimum absolute atomic E-state index is 0.309. The lowest BCUT2D eigenvalue weighted by molar-refractivity contribution is 0.143. The maximum absolute atomic E-state index is 13.6. The molecule has 0 spiro atoms. The molecule has 0 atom stereocenters. The average molecular weight is 239 g/mol. The van der Waals surface area contributed by atoms with Crippen molar-refractivity contribution in [1.82, 2.24) is 5.32 Å². The number of hydrogen-bond donors (Lipinski definition) is 1. The highest BCUT2D eigenvalue weighted by atomic mass is 19.1. The van der Waals surface area contributed by atoms with Crippen LogP contribution >= 0.6 is 0 Å². The Kier molecular flexibility index (Phi) is 4.34. The van der Waals surface area contributed by atoms with Crippen LogP contribution in [0.1, 0.15) is 18.4 Å². The molecule has 0 aromatic heterocycles. The molecule has 1 N–H and O–H groups in total. The van der Waals surface area contributed by atoms with Crippen molar-refractivity contribution in [2.75, 3.05) is 20.3 Å². The normalized spacial score (nSPS) is 14.9. The van der Waals surface area contributed by atoms with Crippen molar-refractivity contribution >= 4 is 0 Å². The van der Waals surface area contributed by atoms with E-state index < -0.39 is 0 Å². The van der Waals surface area contributed by atoms with Crippen LogP contribution in [0.25, 0.3) is 0 Å². The fraction of sp³-hybridized carbons (Fsp3) is 0.538. The molecule has 0 unspecified atom stereocenters. The second-order valence-electron chi connectivity index (χ2n) is 4.22. The van der Waals surface area contributed by atoms with Crippen LogP contribution in [0, 0.1) is 5.82 Å². The topological polar surface area (TPSA) is 30.5 Å². The number of rotatable bonds is 7. The summed E-state index contributed by atoms with van der Waals surface area (Å²) in [5.74, 6) is 0.0360. The molecule has 0 saturated heterocycles. The molecule has 1 aromatic rings. The van der Waals surface area contributed by atoms with E-state index in [1.54, 1.807) is 13.2 Å². The van der Waals surface area contributed by atoms with Crippen molar-refractivity contribution in [3.05, 3.63) is 29.6 Å². The third-order valence-electron chi connectivity index (χ3n) is 2.74. The number of methoxy groups -OCH3 is 1. The van der Waals surface area contributed by atoms with Crippen molar-refractivity contribution in [2.45, 2.75) is 25.4 Å². The first-order valence-electron chi connectivity index (χ1n) is 5.94. The Morgan fingerprint density at radius 3 is 2.88 bits per heavy atom. The standard InChI is InChI=1S/C13H18FNO2/c1-16-7-8-17-13-10(3-2-4-12(13)14)9-15-11-5-6-11/h2-4,11,15H,5-9H2,1H3. The van der Waals surface area contributed by atoms with E-state index in [-0.39, 0.29) is 5.82 Å². The van der Waals surface area contributed by atoms with Gasteiger partial charge in [0, 0.05) is 25.3 Å². The van der Waals surface area contributed by atoms with Gasteiger partial charge in [-0.25, -0.2) is 4.39 Å². The summed E-state index contributed by atoms with van der Waals surface area (Å²) in [7, 11) is 1.60. The zero-order chi connectivity index (χ0) is 12.1. The summed E-state index contributed by atoms with van der Waals surface area (Å²) in [4.78, 5) is 0. The lowest BCUT2D eigenvalue weighted by Gasteiger charge is -2.12. The number of hydrogen-bond acceptors (Lipinski definition) is 3. The predicted octanol–water partition coefficient (Wildman–Crippen LogP) is 2.10. The summed E-state index contributed by atoms with van der Waals surface area (Å²) in [5.41, 5.74) is 0.869. The second kappa shape index (κ2) is 5.98. The van der Waals surface area contributed by atoms with Crippen LogP contribution in [0.2, 0.25) is 0 Å². The molecular weight excluding hydrogens is 221 g/mol. The molecule has 0 aliphatic heterocycles. The van der Waals surface area contributed by atoms with E-state index in [0.717, 1.165) is 5.56 Å². The number of benzene rings is 1. The van der Waals surface area contributed by atoms with Crippen LogP contribution in [0.4, 0.5) is 4.39 Å². The lowest BCUT2D eigenvalue weighted by Crippen LogP contribution is -2.17. The average Bonchev–Trinajstić information content (AvgIpc) is 3.13. The van der Waals surface area contributed by atoms with Crippen LogP contribution in [-0.2, 0) is 11.3 Å². The van der Waals surface area contributed by atoms with Gasteiger partial charge in [0.1, 0.15) is 6.61 Å². The molecule has 1 aromatic carbocycles. The first-order valence-corrected chi connectivity index (χ1v) is 5.94. The highest BCUT2D eigenvalue weighted by molar-refractivity contribution is 5.35. The number of halogens is 1. The largest absolute Gasteiger partial charge is 0.488 e. The zero-order valence-corrected chi connectivity index (χ0v) is 10.0. The van der Waals surface area contributed by atoms with Crippen molar-refractivity contribution in [3.8, 4) is 5.75 Å². The molecule has 0 bridgehead atoms. The second-order valence-corrected chi connectivity index (χ2v) is 4.22. The highest BCUT2D eigenvalue weighted by Gasteiger charge is 2.21. The van der Waals surface area contributed by atoms with Crippen LogP contribution in [0.5, 0.6) is 5.75 Å². The zero-order valence-electron chi connectivity index (χ0n) is 10.0. The summed E-state index contributed by atoms with van der Waals surface area (Å²) < 4.78 is 23.9. The fourth-order valence-electron chi connectivity index (χ4n) is 1.62. The molecule has 17 heavy (non-hydrogen) atoms. The number of nitrogens with one attached hydrogen (secondary N) is 1. The predicted molar refractivity (Wildman–Crippen MR) is 63.6 cm³/mol. The van der Waals surface area contributed by atoms with Crippen LogP contribution < -0.4 is 10.1 Å². The van der Waals surface area contributed by atoms with Gasteiger partial charge >= 0.3 is 0 Å². The molecule has 1 aliphatic carbocycles. The Morgan fingerprint density at radius 1 is 1.35 bits per heavy atom. The van der Waals surface area contributed by atoms with Gasteiger partial charge in [0.15, 0.2) is 11.6 Å². The van der Waals surface area contributed by atoms with E-state index in [4.69, 9.17) is 9.47 Å². The van der Waals surface area contributed by atoms with Gasteiger partial charge in [0.05, 0.1) is 6.61 Å². The van der Waals surface area contributed by atoms with E-state index in [9.17, 15) is 4.39 Å². The van der Waals surface area contributed by atoms with E-state index in [0.29, 0.717) is 31.5 Å². The summed E-state index contributed by atoms with van der Waals surface area (Å²) >= 11 is 0. The van der Waals surface area contributed by atoms with Gasteiger partial charge in [-0.1, -0.05) is 12.1 Å². The van der Waals surface area contributed by atoms with Crippen LogP contribution in [0.15, 0.2) is 18.2 Å². The third kappa shape index (κ3) is 3.68. The van der Waals surface area contributed by atoms with Gasteiger partial charge in [-0.2, -0.15) is 0 Å². The maximum Gasteiger partial charge on any atom is 0.165 e. The van der Waals surface area contributed by atoms with Crippen molar-refractivity contribution in [1.29, 1.82) is 0 Å².